The molecule has 0 N–H and O–H groups in total. The molecule has 0 aliphatic carbocycles. The Labute approximate surface area is 108 Å². The molecule has 92 valence electrons. The van der Waals surface area contributed by atoms with E-state index in [0.29, 0.717) is 5.69 Å². The zero-order chi connectivity index (χ0) is 13.2. The number of aromatic nitrogens is 2. The lowest BCUT2D eigenvalue weighted by Crippen LogP contribution is -1.90. The lowest BCUT2D eigenvalue weighted by Gasteiger charge is -2.02. The number of nitro benzene ring substituents is 1. The number of non-ortho nitro benzene ring substituents is 1. The van der Waals surface area contributed by atoms with Crippen LogP contribution in [-0.4, -0.2) is 14.9 Å². The molecule has 1 aromatic carbocycles. The van der Waals surface area contributed by atoms with E-state index >= 15 is 0 Å². The molecule has 0 atom stereocenters. The molecule has 2 heterocycles. The van der Waals surface area contributed by atoms with Crippen LogP contribution in [0.15, 0.2) is 54.9 Å². The van der Waals surface area contributed by atoms with E-state index in [9.17, 15) is 10.1 Å². The van der Waals surface area contributed by atoms with E-state index in [1.807, 2.05) is 24.3 Å². The molecule has 0 amide bonds. The highest BCUT2D eigenvalue weighted by Crippen LogP contribution is 2.24. The van der Waals surface area contributed by atoms with Gasteiger partial charge in [0, 0.05) is 35.5 Å². The van der Waals surface area contributed by atoms with Crippen LogP contribution in [0.4, 0.5) is 5.69 Å². The monoisotopic (exact) mass is 251 g/mol. The van der Waals surface area contributed by atoms with Crippen molar-refractivity contribution in [3.05, 3.63) is 65.0 Å². The third kappa shape index (κ3) is 2.13. The van der Waals surface area contributed by atoms with E-state index in [-0.39, 0.29) is 5.69 Å². The second-order valence-corrected chi connectivity index (χ2v) is 4.07. The summed E-state index contributed by atoms with van der Waals surface area (Å²) < 4.78 is 0. The second-order valence-electron chi connectivity index (χ2n) is 4.07. The van der Waals surface area contributed by atoms with Gasteiger partial charge in [-0.25, -0.2) is 4.98 Å². The Hall–Kier alpha value is -2.82. The van der Waals surface area contributed by atoms with Crippen LogP contribution in [0.5, 0.6) is 0 Å². The third-order valence-electron chi connectivity index (χ3n) is 2.84. The van der Waals surface area contributed by atoms with E-state index in [4.69, 9.17) is 0 Å². The van der Waals surface area contributed by atoms with E-state index < -0.39 is 4.92 Å². The average molecular weight is 251 g/mol. The maximum atomic E-state index is 10.8. The van der Waals surface area contributed by atoms with Crippen molar-refractivity contribution in [1.29, 1.82) is 0 Å². The molecule has 2 aromatic heterocycles. The highest BCUT2D eigenvalue weighted by molar-refractivity contribution is 5.80. The van der Waals surface area contributed by atoms with Crippen molar-refractivity contribution >= 4 is 16.6 Å². The molecule has 5 heteroatoms. The summed E-state index contributed by atoms with van der Waals surface area (Å²) in [6.07, 6.45) is 3.41. The zero-order valence-corrected chi connectivity index (χ0v) is 9.85. The fourth-order valence-corrected chi connectivity index (χ4v) is 1.90. The van der Waals surface area contributed by atoms with E-state index in [1.54, 1.807) is 18.5 Å². The highest BCUT2D eigenvalue weighted by Gasteiger charge is 2.08. The van der Waals surface area contributed by atoms with Gasteiger partial charge in [-0.05, 0) is 18.2 Å². The number of pyridine rings is 2. The molecule has 3 rings (SSSR count). The maximum absolute atomic E-state index is 10.8. The van der Waals surface area contributed by atoms with Crippen LogP contribution in [0.3, 0.4) is 0 Å². The van der Waals surface area contributed by atoms with Crippen molar-refractivity contribution in [2.45, 2.75) is 0 Å². The summed E-state index contributed by atoms with van der Waals surface area (Å²) in [7, 11) is 0. The molecule has 0 saturated carbocycles. The average Bonchev–Trinajstić information content (AvgIpc) is 2.47. The Kier molecular flexibility index (Phi) is 2.64. The molecule has 0 saturated heterocycles. The Morgan fingerprint density at radius 1 is 1.11 bits per heavy atom. The molecule has 0 aliphatic heterocycles. The van der Waals surface area contributed by atoms with Crippen molar-refractivity contribution < 1.29 is 4.92 Å². The molecule has 3 aromatic rings. The minimum Gasteiger partial charge on any atom is -0.264 e. The molecule has 0 fully saturated rings. The first-order valence-electron chi connectivity index (χ1n) is 5.70. The van der Waals surface area contributed by atoms with Crippen LogP contribution >= 0.6 is 0 Å². The van der Waals surface area contributed by atoms with Gasteiger partial charge in [0.15, 0.2) is 0 Å². The summed E-state index contributed by atoms with van der Waals surface area (Å²) in [5.41, 5.74) is 2.32. The molecule has 0 radical (unpaired) electrons. The summed E-state index contributed by atoms with van der Waals surface area (Å²) in [6, 6.07) is 12.0. The predicted octanol–water partition coefficient (Wildman–Crippen LogP) is 3.21. The first-order chi connectivity index (χ1) is 9.24. The Morgan fingerprint density at radius 3 is 2.84 bits per heavy atom. The smallest absolute Gasteiger partial charge is 0.264 e. The van der Waals surface area contributed by atoms with Crippen molar-refractivity contribution in [1.82, 2.24) is 9.97 Å². The molecule has 0 unspecified atom stereocenters. The number of hydrogen-bond acceptors (Lipinski definition) is 4. The Bertz CT molecular complexity index is 771. The van der Waals surface area contributed by atoms with Gasteiger partial charge in [-0.2, -0.15) is 0 Å². The van der Waals surface area contributed by atoms with Crippen molar-refractivity contribution in [3.63, 3.8) is 0 Å². The van der Waals surface area contributed by atoms with Gasteiger partial charge in [0.25, 0.3) is 5.69 Å². The quantitative estimate of drug-likeness (QED) is 0.518. The molecule has 19 heavy (non-hydrogen) atoms. The van der Waals surface area contributed by atoms with Crippen LogP contribution in [0.2, 0.25) is 0 Å². The van der Waals surface area contributed by atoms with E-state index in [2.05, 4.69) is 9.97 Å². The van der Waals surface area contributed by atoms with Gasteiger partial charge in [0.05, 0.1) is 16.1 Å². The van der Waals surface area contributed by atoms with Crippen LogP contribution < -0.4 is 0 Å². The number of benzene rings is 1. The zero-order valence-electron chi connectivity index (χ0n) is 9.85. The standard InChI is InChI=1S/C14H9N3O2/c18-17(19)12-3-1-2-10(8-12)13-5-4-11-9-15-7-6-14(11)16-13/h1-9H. The second kappa shape index (κ2) is 4.45. The summed E-state index contributed by atoms with van der Waals surface area (Å²) in [5.74, 6) is 0. The highest BCUT2D eigenvalue weighted by atomic mass is 16.6. The van der Waals surface area contributed by atoms with Crippen LogP contribution in [0, 0.1) is 10.1 Å². The van der Waals surface area contributed by atoms with Gasteiger partial charge in [-0.15, -0.1) is 0 Å². The predicted molar refractivity (Wildman–Crippen MR) is 71.6 cm³/mol. The molecular weight excluding hydrogens is 242 g/mol. The first-order valence-corrected chi connectivity index (χ1v) is 5.70. The van der Waals surface area contributed by atoms with Gasteiger partial charge >= 0.3 is 0 Å². The van der Waals surface area contributed by atoms with Gasteiger partial charge in [0.2, 0.25) is 0 Å². The molecule has 0 aliphatic rings. The maximum Gasteiger partial charge on any atom is 0.270 e. The summed E-state index contributed by atoms with van der Waals surface area (Å²) in [5, 5.41) is 11.7. The number of nitro groups is 1. The largest absolute Gasteiger partial charge is 0.270 e. The van der Waals surface area contributed by atoms with Crippen molar-refractivity contribution in [3.8, 4) is 11.3 Å². The topological polar surface area (TPSA) is 68.9 Å². The summed E-state index contributed by atoms with van der Waals surface area (Å²) in [4.78, 5) is 18.9. The normalized spacial score (nSPS) is 10.5. The fraction of sp³-hybridized carbons (Fsp3) is 0. The lowest BCUT2D eigenvalue weighted by atomic mass is 10.1. The fourth-order valence-electron chi connectivity index (χ4n) is 1.90. The third-order valence-corrected chi connectivity index (χ3v) is 2.84. The number of rotatable bonds is 2. The van der Waals surface area contributed by atoms with Crippen LogP contribution in [0.25, 0.3) is 22.2 Å². The van der Waals surface area contributed by atoms with Crippen LogP contribution in [-0.2, 0) is 0 Å². The summed E-state index contributed by atoms with van der Waals surface area (Å²) >= 11 is 0. The lowest BCUT2D eigenvalue weighted by molar-refractivity contribution is -0.384. The van der Waals surface area contributed by atoms with Crippen molar-refractivity contribution in [2.75, 3.05) is 0 Å². The Balaban J connectivity index is 2.13. The first kappa shape index (κ1) is 11.3. The van der Waals surface area contributed by atoms with E-state index in [0.717, 1.165) is 16.5 Å². The molecular formula is C14H9N3O2. The molecule has 5 nitrogen and oxygen atoms in total. The van der Waals surface area contributed by atoms with Gasteiger partial charge in [0.1, 0.15) is 0 Å². The Morgan fingerprint density at radius 2 is 2.00 bits per heavy atom. The van der Waals surface area contributed by atoms with Crippen LogP contribution in [0.1, 0.15) is 0 Å². The molecule has 0 spiro atoms. The number of nitrogens with zero attached hydrogens (tertiary/aromatic N) is 3. The minimum absolute atomic E-state index is 0.0640. The SMILES string of the molecule is O=[N+]([O-])c1cccc(-c2ccc3cnccc3n2)c1. The van der Waals surface area contributed by atoms with Crippen molar-refractivity contribution in [2.24, 2.45) is 0 Å². The summed E-state index contributed by atoms with van der Waals surface area (Å²) in [6.45, 7) is 0. The molecule has 0 bridgehead atoms. The van der Waals surface area contributed by atoms with Gasteiger partial charge < -0.3 is 0 Å². The number of fused-ring (bicyclic) bond motifs is 1. The number of hydrogen-bond donors (Lipinski definition) is 0. The minimum atomic E-state index is -0.408. The van der Waals surface area contributed by atoms with E-state index in [1.165, 1.54) is 12.1 Å². The van der Waals surface area contributed by atoms with Gasteiger partial charge in [-0.3, -0.25) is 15.1 Å². The van der Waals surface area contributed by atoms with Gasteiger partial charge in [-0.1, -0.05) is 12.1 Å².